The Morgan fingerprint density at radius 3 is 2.56 bits per heavy atom. The number of nitrogens with zero attached hydrogens (tertiary/aromatic N) is 2. The molecule has 0 fully saturated rings. The van der Waals surface area contributed by atoms with Gasteiger partial charge in [-0.1, -0.05) is 11.6 Å². The fraction of sp³-hybridized carbons (Fsp3) is 0.0833. The number of aldehydes is 1. The van der Waals surface area contributed by atoms with Gasteiger partial charge in [-0.3, -0.25) is 4.79 Å². The number of benzene rings is 1. The second-order valence-corrected chi connectivity index (χ2v) is 3.93. The van der Waals surface area contributed by atoms with E-state index in [2.05, 4.69) is 9.97 Å². The lowest BCUT2D eigenvalue weighted by atomic mass is 10.1. The molecule has 2 aromatic rings. The topological polar surface area (TPSA) is 42.9 Å². The maximum atomic E-state index is 13.2. The maximum absolute atomic E-state index is 13.2. The Morgan fingerprint density at radius 1 is 1.22 bits per heavy atom. The first kappa shape index (κ1) is 12.6. The molecule has 2 rings (SSSR count). The van der Waals surface area contributed by atoms with Crippen LogP contribution in [0.5, 0.6) is 0 Å². The lowest BCUT2D eigenvalue weighted by molar-refractivity contribution is 0.112. The summed E-state index contributed by atoms with van der Waals surface area (Å²) in [7, 11) is 0. The highest BCUT2D eigenvalue weighted by Crippen LogP contribution is 2.26. The summed E-state index contributed by atoms with van der Waals surface area (Å²) in [6.07, 6.45) is 0.484. The molecule has 1 heterocycles. The molecular formula is C12H7ClF2N2O. The number of aryl methyl sites for hydroxylation is 1. The molecule has 0 spiro atoms. The highest BCUT2D eigenvalue weighted by Gasteiger charge is 2.14. The minimum atomic E-state index is -1.02. The number of aromatic nitrogens is 2. The summed E-state index contributed by atoms with van der Waals surface area (Å²) in [6.45, 7) is 1.59. The molecule has 0 N–H and O–H groups in total. The second kappa shape index (κ2) is 4.78. The van der Waals surface area contributed by atoms with Crippen LogP contribution in [0.25, 0.3) is 11.3 Å². The van der Waals surface area contributed by atoms with Crippen molar-refractivity contribution in [3.63, 3.8) is 0 Å². The van der Waals surface area contributed by atoms with E-state index in [0.29, 0.717) is 12.1 Å². The first-order chi connectivity index (χ1) is 8.52. The summed E-state index contributed by atoms with van der Waals surface area (Å²) in [5, 5.41) is -0.0165. The molecule has 0 saturated heterocycles. The Labute approximate surface area is 106 Å². The monoisotopic (exact) mass is 268 g/mol. The van der Waals surface area contributed by atoms with Gasteiger partial charge in [0.15, 0.2) is 17.9 Å². The van der Waals surface area contributed by atoms with E-state index in [1.54, 1.807) is 6.92 Å². The van der Waals surface area contributed by atoms with E-state index in [-0.39, 0.29) is 22.0 Å². The molecule has 1 aromatic carbocycles. The SMILES string of the molecule is Cc1nc(Cl)c(C=O)c(-c2ccc(F)c(F)c2)n1. The van der Waals surface area contributed by atoms with Crippen LogP contribution in [0.15, 0.2) is 18.2 Å². The minimum absolute atomic E-state index is 0.0165. The summed E-state index contributed by atoms with van der Waals surface area (Å²) < 4.78 is 26.0. The van der Waals surface area contributed by atoms with Crippen molar-refractivity contribution in [2.24, 2.45) is 0 Å². The van der Waals surface area contributed by atoms with E-state index in [4.69, 9.17) is 11.6 Å². The summed E-state index contributed by atoms with van der Waals surface area (Å²) in [6, 6.07) is 3.24. The van der Waals surface area contributed by atoms with Crippen LogP contribution in [-0.4, -0.2) is 16.3 Å². The Bertz CT molecular complexity index is 632. The third kappa shape index (κ3) is 2.22. The first-order valence-corrected chi connectivity index (χ1v) is 5.35. The van der Waals surface area contributed by atoms with Gasteiger partial charge in [0.2, 0.25) is 0 Å². The predicted octanol–water partition coefficient (Wildman–Crippen LogP) is 3.20. The molecule has 0 aliphatic carbocycles. The van der Waals surface area contributed by atoms with Crippen molar-refractivity contribution >= 4 is 17.9 Å². The highest BCUT2D eigenvalue weighted by atomic mass is 35.5. The van der Waals surface area contributed by atoms with Gasteiger partial charge in [-0.15, -0.1) is 0 Å². The molecule has 3 nitrogen and oxygen atoms in total. The molecule has 0 bridgehead atoms. The lowest BCUT2D eigenvalue weighted by Gasteiger charge is -2.07. The molecule has 6 heteroatoms. The number of carbonyl (C=O) groups excluding carboxylic acids is 1. The minimum Gasteiger partial charge on any atom is -0.298 e. The third-order valence-electron chi connectivity index (χ3n) is 2.32. The molecule has 0 atom stereocenters. The van der Waals surface area contributed by atoms with E-state index >= 15 is 0 Å². The van der Waals surface area contributed by atoms with Gasteiger partial charge in [0.1, 0.15) is 11.0 Å². The Morgan fingerprint density at radius 2 is 1.94 bits per heavy atom. The Balaban J connectivity index is 2.69. The third-order valence-corrected chi connectivity index (χ3v) is 2.61. The zero-order chi connectivity index (χ0) is 13.3. The fourth-order valence-electron chi connectivity index (χ4n) is 1.51. The van der Waals surface area contributed by atoms with Crippen LogP contribution >= 0.6 is 11.6 Å². The molecule has 0 radical (unpaired) electrons. The first-order valence-electron chi connectivity index (χ1n) is 4.97. The standard InChI is InChI=1S/C12H7ClF2N2O/c1-6-16-11(8(5-18)12(13)17-6)7-2-3-9(14)10(15)4-7/h2-5H,1H3. The van der Waals surface area contributed by atoms with Gasteiger partial charge in [-0.05, 0) is 25.1 Å². The summed E-state index contributed by atoms with van der Waals surface area (Å²) >= 11 is 5.81. The number of halogens is 3. The van der Waals surface area contributed by atoms with Gasteiger partial charge in [0.25, 0.3) is 0 Å². The second-order valence-electron chi connectivity index (χ2n) is 3.57. The van der Waals surface area contributed by atoms with Crippen molar-refractivity contribution in [1.82, 2.24) is 9.97 Å². The van der Waals surface area contributed by atoms with Crippen molar-refractivity contribution in [3.05, 3.63) is 46.4 Å². The number of carbonyl (C=O) groups is 1. The quantitative estimate of drug-likeness (QED) is 0.620. The average molecular weight is 269 g/mol. The molecule has 1 aromatic heterocycles. The predicted molar refractivity (Wildman–Crippen MR) is 62.5 cm³/mol. The van der Waals surface area contributed by atoms with E-state index in [1.165, 1.54) is 6.07 Å². The van der Waals surface area contributed by atoms with Crippen LogP contribution in [-0.2, 0) is 0 Å². The largest absolute Gasteiger partial charge is 0.298 e. The van der Waals surface area contributed by atoms with Crippen molar-refractivity contribution < 1.29 is 13.6 Å². The highest BCUT2D eigenvalue weighted by molar-refractivity contribution is 6.32. The Kier molecular flexibility index (Phi) is 3.34. The van der Waals surface area contributed by atoms with Crippen LogP contribution in [0.2, 0.25) is 5.15 Å². The molecular weight excluding hydrogens is 262 g/mol. The van der Waals surface area contributed by atoms with E-state index in [0.717, 1.165) is 12.1 Å². The van der Waals surface area contributed by atoms with E-state index in [1.807, 2.05) is 0 Å². The van der Waals surface area contributed by atoms with Gasteiger partial charge in [0, 0.05) is 5.56 Å². The van der Waals surface area contributed by atoms with Crippen LogP contribution < -0.4 is 0 Å². The van der Waals surface area contributed by atoms with Crippen molar-refractivity contribution in [2.75, 3.05) is 0 Å². The van der Waals surface area contributed by atoms with E-state index in [9.17, 15) is 13.6 Å². The average Bonchev–Trinajstić information content (AvgIpc) is 2.32. The molecule has 0 amide bonds. The van der Waals surface area contributed by atoms with Crippen molar-refractivity contribution in [2.45, 2.75) is 6.92 Å². The zero-order valence-electron chi connectivity index (χ0n) is 9.25. The molecule has 92 valence electrons. The van der Waals surface area contributed by atoms with Crippen molar-refractivity contribution in [1.29, 1.82) is 0 Å². The molecule has 0 aliphatic rings. The number of hydrogen-bond acceptors (Lipinski definition) is 3. The lowest BCUT2D eigenvalue weighted by Crippen LogP contribution is -2.00. The van der Waals surface area contributed by atoms with Crippen LogP contribution in [0.1, 0.15) is 16.2 Å². The summed E-state index contributed by atoms with van der Waals surface area (Å²) in [5.74, 6) is -1.65. The van der Waals surface area contributed by atoms with Gasteiger partial charge in [-0.25, -0.2) is 18.7 Å². The smallest absolute Gasteiger partial charge is 0.159 e. The van der Waals surface area contributed by atoms with Gasteiger partial charge < -0.3 is 0 Å². The van der Waals surface area contributed by atoms with Gasteiger partial charge >= 0.3 is 0 Å². The zero-order valence-corrected chi connectivity index (χ0v) is 10.0. The maximum Gasteiger partial charge on any atom is 0.159 e. The Hall–Kier alpha value is -1.88. The van der Waals surface area contributed by atoms with E-state index < -0.39 is 11.6 Å². The van der Waals surface area contributed by atoms with Gasteiger partial charge in [-0.2, -0.15) is 0 Å². The fourth-order valence-corrected chi connectivity index (χ4v) is 1.77. The van der Waals surface area contributed by atoms with Crippen LogP contribution in [0.3, 0.4) is 0 Å². The van der Waals surface area contributed by atoms with Crippen LogP contribution in [0, 0.1) is 18.6 Å². The molecule has 0 unspecified atom stereocenters. The molecule has 0 saturated carbocycles. The molecule has 0 aliphatic heterocycles. The normalized spacial score (nSPS) is 10.4. The van der Waals surface area contributed by atoms with Gasteiger partial charge in [0.05, 0.1) is 11.3 Å². The summed E-state index contributed by atoms with van der Waals surface area (Å²) in [4.78, 5) is 18.8. The number of hydrogen-bond donors (Lipinski definition) is 0. The summed E-state index contributed by atoms with van der Waals surface area (Å²) in [5.41, 5.74) is 0.498. The van der Waals surface area contributed by atoms with Crippen LogP contribution in [0.4, 0.5) is 8.78 Å². The number of rotatable bonds is 2. The van der Waals surface area contributed by atoms with Crippen molar-refractivity contribution in [3.8, 4) is 11.3 Å². The molecule has 18 heavy (non-hydrogen) atoms.